The Hall–Kier alpha value is -2.36. The van der Waals surface area contributed by atoms with Gasteiger partial charge in [-0.25, -0.2) is 9.37 Å². The first-order chi connectivity index (χ1) is 10.2. The van der Waals surface area contributed by atoms with Crippen molar-refractivity contribution in [2.45, 2.75) is 12.3 Å². The Morgan fingerprint density at radius 3 is 3.00 bits per heavy atom. The standard InChI is InChI=1S/C17H16FN3/c1-21-16-7-6-13(18)9-15(16)20-17(21)12-8-11-4-2-3-5-14(11)19-10-12/h2-7,9,12,19H,8,10H2,1H3. The van der Waals surface area contributed by atoms with Gasteiger partial charge in [0, 0.05) is 31.3 Å². The van der Waals surface area contributed by atoms with Crippen molar-refractivity contribution in [1.82, 2.24) is 9.55 Å². The summed E-state index contributed by atoms with van der Waals surface area (Å²) in [5.74, 6) is 1.08. The SMILES string of the molecule is Cn1c(C2CNc3ccccc3C2)nc2cc(F)ccc21. The minimum Gasteiger partial charge on any atom is -0.384 e. The lowest BCUT2D eigenvalue weighted by atomic mass is 9.93. The van der Waals surface area contributed by atoms with E-state index in [1.165, 1.54) is 23.4 Å². The molecule has 3 aromatic rings. The fraction of sp³-hybridized carbons (Fsp3) is 0.235. The van der Waals surface area contributed by atoms with Crippen LogP contribution in [0.25, 0.3) is 11.0 Å². The Kier molecular flexibility index (Phi) is 2.70. The lowest BCUT2D eigenvalue weighted by Crippen LogP contribution is -2.23. The van der Waals surface area contributed by atoms with E-state index in [0.717, 1.165) is 29.8 Å². The molecule has 0 amide bonds. The average molecular weight is 281 g/mol. The Morgan fingerprint density at radius 1 is 1.24 bits per heavy atom. The van der Waals surface area contributed by atoms with E-state index in [0.29, 0.717) is 5.92 Å². The van der Waals surface area contributed by atoms with Crippen LogP contribution in [0.4, 0.5) is 10.1 Å². The quantitative estimate of drug-likeness (QED) is 0.740. The van der Waals surface area contributed by atoms with Crippen LogP contribution in [0.3, 0.4) is 0 Å². The molecular weight excluding hydrogens is 265 g/mol. The summed E-state index contributed by atoms with van der Waals surface area (Å²) in [7, 11) is 2.00. The zero-order chi connectivity index (χ0) is 14.4. The van der Waals surface area contributed by atoms with Crippen molar-refractivity contribution in [3.63, 3.8) is 0 Å². The molecule has 2 aromatic carbocycles. The van der Waals surface area contributed by atoms with Crippen molar-refractivity contribution in [2.24, 2.45) is 7.05 Å². The summed E-state index contributed by atoms with van der Waals surface area (Å²) in [6.07, 6.45) is 0.961. The Morgan fingerprint density at radius 2 is 2.10 bits per heavy atom. The Labute approximate surface area is 122 Å². The van der Waals surface area contributed by atoms with E-state index < -0.39 is 0 Å². The Balaban J connectivity index is 1.76. The molecule has 0 spiro atoms. The number of hydrogen-bond donors (Lipinski definition) is 1. The van der Waals surface area contributed by atoms with Crippen molar-refractivity contribution in [2.75, 3.05) is 11.9 Å². The fourth-order valence-electron chi connectivity index (χ4n) is 3.18. The number of aryl methyl sites for hydroxylation is 1. The van der Waals surface area contributed by atoms with Gasteiger partial charge < -0.3 is 9.88 Å². The van der Waals surface area contributed by atoms with Gasteiger partial charge in [0.25, 0.3) is 0 Å². The maximum Gasteiger partial charge on any atom is 0.125 e. The summed E-state index contributed by atoms with van der Waals surface area (Å²) in [4.78, 5) is 4.65. The number of imidazole rings is 1. The first kappa shape index (κ1) is 12.4. The van der Waals surface area contributed by atoms with E-state index in [1.54, 1.807) is 6.07 Å². The lowest BCUT2D eigenvalue weighted by molar-refractivity contribution is 0.624. The highest BCUT2D eigenvalue weighted by Crippen LogP contribution is 2.31. The number of anilines is 1. The molecule has 1 unspecified atom stereocenters. The van der Waals surface area contributed by atoms with E-state index in [4.69, 9.17) is 0 Å². The van der Waals surface area contributed by atoms with Gasteiger partial charge in [0.15, 0.2) is 0 Å². The van der Waals surface area contributed by atoms with E-state index in [2.05, 4.69) is 33.1 Å². The van der Waals surface area contributed by atoms with Gasteiger partial charge in [-0.1, -0.05) is 18.2 Å². The van der Waals surface area contributed by atoms with Gasteiger partial charge >= 0.3 is 0 Å². The molecule has 106 valence electrons. The van der Waals surface area contributed by atoms with Crippen molar-refractivity contribution >= 4 is 16.7 Å². The van der Waals surface area contributed by atoms with Crippen LogP contribution in [0.1, 0.15) is 17.3 Å². The average Bonchev–Trinajstić information content (AvgIpc) is 2.83. The first-order valence-corrected chi connectivity index (χ1v) is 7.16. The van der Waals surface area contributed by atoms with Gasteiger partial charge in [0.05, 0.1) is 11.0 Å². The molecule has 0 saturated carbocycles. The molecule has 1 aromatic heterocycles. The molecule has 2 heterocycles. The molecule has 0 saturated heterocycles. The largest absolute Gasteiger partial charge is 0.384 e. The van der Waals surface area contributed by atoms with E-state index in [9.17, 15) is 4.39 Å². The minimum atomic E-state index is -0.237. The van der Waals surface area contributed by atoms with Gasteiger partial charge in [-0.3, -0.25) is 0 Å². The molecule has 4 rings (SSSR count). The monoisotopic (exact) mass is 281 g/mol. The highest BCUT2D eigenvalue weighted by molar-refractivity contribution is 5.76. The number of para-hydroxylation sites is 1. The summed E-state index contributed by atoms with van der Waals surface area (Å²) in [6, 6.07) is 13.2. The van der Waals surface area contributed by atoms with Crippen LogP contribution in [0.5, 0.6) is 0 Å². The van der Waals surface area contributed by atoms with Crippen LogP contribution in [-0.4, -0.2) is 16.1 Å². The summed E-state index contributed by atoms with van der Waals surface area (Å²) >= 11 is 0. The molecule has 1 aliphatic rings. The predicted octanol–water partition coefficient (Wildman–Crippen LogP) is 3.46. The number of halogens is 1. The smallest absolute Gasteiger partial charge is 0.125 e. The zero-order valence-corrected chi connectivity index (χ0v) is 11.8. The molecule has 3 nitrogen and oxygen atoms in total. The second kappa shape index (κ2) is 4.58. The molecule has 1 atom stereocenters. The van der Waals surface area contributed by atoms with Crippen LogP contribution >= 0.6 is 0 Å². The molecular formula is C17H16FN3. The summed E-state index contributed by atoms with van der Waals surface area (Å²) < 4.78 is 15.4. The normalized spacial score (nSPS) is 17.5. The third kappa shape index (κ3) is 1.98. The fourth-order valence-corrected chi connectivity index (χ4v) is 3.18. The van der Waals surface area contributed by atoms with Crippen molar-refractivity contribution < 1.29 is 4.39 Å². The predicted molar refractivity (Wildman–Crippen MR) is 82.0 cm³/mol. The molecule has 4 heteroatoms. The molecule has 0 radical (unpaired) electrons. The molecule has 1 N–H and O–H groups in total. The van der Waals surface area contributed by atoms with Crippen LogP contribution in [-0.2, 0) is 13.5 Å². The van der Waals surface area contributed by atoms with Gasteiger partial charge in [-0.05, 0) is 30.2 Å². The van der Waals surface area contributed by atoms with Crippen LogP contribution < -0.4 is 5.32 Å². The van der Waals surface area contributed by atoms with Gasteiger partial charge in [0.2, 0.25) is 0 Å². The van der Waals surface area contributed by atoms with Crippen LogP contribution in [0, 0.1) is 5.82 Å². The maximum absolute atomic E-state index is 13.4. The number of benzene rings is 2. The van der Waals surface area contributed by atoms with Gasteiger partial charge in [-0.15, -0.1) is 0 Å². The van der Waals surface area contributed by atoms with Crippen molar-refractivity contribution in [1.29, 1.82) is 0 Å². The third-order valence-corrected chi connectivity index (χ3v) is 4.27. The van der Waals surface area contributed by atoms with Gasteiger partial charge in [0.1, 0.15) is 11.6 Å². The van der Waals surface area contributed by atoms with Gasteiger partial charge in [-0.2, -0.15) is 0 Å². The lowest BCUT2D eigenvalue weighted by Gasteiger charge is -2.25. The summed E-state index contributed by atoms with van der Waals surface area (Å²) in [5.41, 5.74) is 4.22. The van der Waals surface area contributed by atoms with Crippen LogP contribution in [0.2, 0.25) is 0 Å². The van der Waals surface area contributed by atoms with E-state index in [1.807, 2.05) is 13.1 Å². The number of hydrogen-bond acceptors (Lipinski definition) is 2. The number of aromatic nitrogens is 2. The van der Waals surface area contributed by atoms with Crippen molar-refractivity contribution in [3.05, 3.63) is 59.7 Å². The molecule has 0 bridgehead atoms. The van der Waals surface area contributed by atoms with E-state index >= 15 is 0 Å². The zero-order valence-electron chi connectivity index (χ0n) is 11.8. The molecule has 1 aliphatic heterocycles. The van der Waals surface area contributed by atoms with Crippen molar-refractivity contribution in [3.8, 4) is 0 Å². The number of rotatable bonds is 1. The number of fused-ring (bicyclic) bond motifs is 2. The van der Waals surface area contributed by atoms with Crippen LogP contribution in [0.15, 0.2) is 42.5 Å². The molecule has 0 aliphatic carbocycles. The van der Waals surface area contributed by atoms with E-state index in [-0.39, 0.29) is 5.82 Å². The second-order valence-electron chi connectivity index (χ2n) is 5.60. The Bertz CT molecular complexity index is 822. The second-order valence-corrected chi connectivity index (χ2v) is 5.60. The first-order valence-electron chi connectivity index (χ1n) is 7.16. The number of nitrogens with one attached hydrogen (secondary N) is 1. The highest BCUT2D eigenvalue weighted by Gasteiger charge is 2.23. The summed E-state index contributed by atoms with van der Waals surface area (Å²) in [5, 5.41) is 3.47. The topological polar surface area (TPSA) is 29.9 Å². The number of nitrogens with zero attached hydrogens (tertiary/aromatic N) is 2. The minimum absolute atomic E-state index is 0.237. The third-order valence-electron chi connectivity index (χ3n) is 4.27. The maximum atomic E-state index is 13.4. The highest BCUT2D eigenvalue weighted by atomic mass is 19.1. The summed E-state index contributed by atoms with van der Waals surface area (Å²) in [6.45, 7) is 0.858. The molecule has 0 fully saturated rings. The molecule has 21 heavy (non-hydrogen) atoms.